The third-order valence-electron chi connectivity index (χ3n) is 2.85. The Morgan fingerprint density at radius 1 is 1.28 bits per heavy atom. The van der Waals surface area contributed by atoms with E-state index in [1.165, 1.54) is 10.3 Å². The predicted molar refractivity (Wildman–Crippen MR) is 77.8 cm³/mol. The Balaban J connectivity index is 2.04. The minimum Gasteiger partial charge on any atom is -0.342 e. The molecule has 0 N–H and O–H groups in total. The Morgan fingerprint density at radius 2 is 2.17 bits per heavy atom. The zero-order valence-corrected chi connectivity index (χ0v) is 11.8. The zero-order chi connectivity index (χ0) is 12.5. The highest BCUT2D eigenvalue weighted by molar-refractivity contribution is 9.10. The molecular weight excluding hydrogens is 308 g/mol. The molecule has 2 heterocycles. The van der Waals surface area contributed by atoms with Crippen molar-refractivity contribution in [1.82, 2.24) is 4.57 Å². The molecule has 0 spiro atoms. The number of nitriles is 1. The third-order valence-corrected chi connectivity index (χ3v) is 4.53. The van der Waals surface area contributed by atoms with Crippen LogP contribution < -0.4 is 0 Å². The molecule has 0 unspecified atom stereocenters. The molecule has 3 aromatic rings. The molecule has 0 aliphatic rings. The summed E-state index contributed by atoms with van der Waals surface area (Å²) < 4.78 is 3.30. The van der Waals surface area contributed by atoms with Gasteiger partial charge >= 0.3 is 0 Å². The molecule has 0 aliphatic carbocycles. The van der Waals surface area contributed by atoms with Crippen LogP contribution in [0.1, 0.15) is 10.4 Å². The van der Waals surface area contributed by atoms with Crippen molar-refractivity contribution in [3.8, 4) is 6.07 Å². The summed E-state index contributed by atoms with van der Waals surface area (Å²) in [5, 5.41) is 12.2. The van der Waals surface area contributed by atoms with Crippen LogP contribution in [0.4, 0.5) is 0 Å². The van der Waals surface area contributed by atoms with E-state index in [-0.39, 0.29) is 0 Å². The number of aromatic nitrogens is 1. The number of rotatable bonds is 2. The molecule has 1 aromatic carbocycles. The molecule has 0 bridgehead atoms. The van der Waals surface area contributed by atoms with Gasteiger partial charge in [0.15, 0.2) is 0 Å². The van der Waals surface area contributed by atoms with Crippen LogP contribution in [-0.2, 0) is 6.54 Å². The van der Waals surface area contributed by atoms with Gasteiger partial charge in [0.25, 0.3) is 0 Å². The summed E-state index contributed by atoms with van der Waals surface area (Å²) in [6, 6.07) is 12.2. The summed E-state index contributed by atoms with van der Waals surface area (Å²) in [4.78, 5) is 1.29. The zero-order valence-electron chi connectivity index (χ0n) is 9.43. The Kier molecular flexibility index (Phi) is 2.94. The lowest BCUT2D eigenvalue weighted by atomic mass is 10.2. The van der Waals surface area contributed by atoms with E-state index in [0.29, 0.717) is 5.56 Å². The minimum absolute atomic E-state index is 0.704. The van der Waals surface area contributed by atoms with Gasteiger partial charge in [0, 0.05) is 26.4 Å². The van der Waals surface area contributed by atoms with Crippen molar-refractivity contribution in [3.05, 3.63) is 56.8 Å². The molecule has 0 fully saturated rings. The van der Waals surface area contributed by atoms with Gasteiger partial charge in [-0.05, 0) is 45.6 Å². The van der Waals surface area contributed by atoms with E-state index >= 15 is 0 Å². The smallest absolute Gasteiger partial charge is 0.0992 e. The summed E-state index contributed by atoms with van der Waals surface area (Å²) in [6.45, 7) is 0.842. The van der Waals surface area contributed by atoms with E-state index in [9.17, 15) is 0 Å². The first-order valence-corrected chi connectivity index (χ1v) is 7.15. The highest BCUT2D eigenvalue weighted by Gasteiger charge is 2.04. The predicted octanol–water partition coefficient (Wildman–Crippen LogP) is 4.39. The van der Waals surface area contributed by atoms with Gasteiger partial charge in [-0.2, -0.15) is 5.26 Å². The molecule has 0 saturated carbocycles. The second kappa shape index (κ2) is 4.60. The van der Waals surface area contributed by atoms with Crippen LogP contribution in [0, 0.1) is 11.3 Å². The van der Waals surface area contributed by atoms with Crippen molar-refractivity contribution in [2.24, 2.45) is 0 Å². The fraction of sp³-hybridized carbons (Fsp3) is 0.0714. The van der Waals surface area contributed by atoms with Crippen LogP contribution in [0.5, 0.6) is 0 Å². The molecule has 0 aliphatic heterocycles. The highest BCUT2D eigenvalue weighted by atomic mass is 79.9. The number of fused-ring (bicyclic) bond motifs is 1. The Morgan fingerprint density at radius 3 is 2.89 bits per heavy atom. The lowest BCUT2D eigenvalue weighted by molar-refractivity contribution is 0.851. The van der Waals surface area contributed by atoms with E-state index in [1.54, 1.807) is 11.3 Å². The largest absolute Gasteiger partial charge is 0.342 e. The first-order valence-electron chi connectivity index (χ1n) is 5.48. The van der Waals surface area contributed by atoms with Crippen LogP contribution >= 0.6 is 27.3 Å². The average Bonchev–Trinajstić information content (AvgIpc) is 2.96. The topological polar surface area (TPSA) is 28.7 Å². The Labute approximate surface area is 117 Å². The molecule has 88 valence electrons. The van der Waals surface area contributed by atoms with E-state index < -0.39 is 0 Å². The number of nitrogens with zero attached hydrogens (tertiary/aromatic N) is 2. The van der Waals surface area contributed by atoms with Crippen LogP contribution in [0.15, 0.2) is 46.4 Å². The normalized spacial score (nSPS) is 10.7. The summed E-state index contributed by atoms with van der Waals surface area (Å²) in [5.41, 5.74) is 1.81. The lowest BCUT2D eigenvalue weighted by Crippen LogP contribution is -1.95. The maximum atomic E-state index is 8.96. The van der Waals surface area contributed by atoms with Crippen molar-refractivity contribution >= 4 is 38.2 Å². The van der Waals surface area contributed by atoms with Crippen molar-refractivity contribution in [1.29, 1.82) is 5.26 Å². The maximum Gasteiger partial charge on any atom is 0.0992 e. The lowest BCUT2D eigenvalue weighted by Gasteiger charge is -2.03. The second-order valence-electron chi connectivity index (χ2n) is 4.06. The van der Waals surface area contributed by atoms with Gasteiger partial charge in [0.05, 0.1) is 18.2 Å². The van der Waals surface area contributed by atoms with Gasteiger partial charge in [0.2, 0.25) is 0 Å². The number of benzene rings is 1. The van der Waals surface area contributed by atoms with Crippen LogP contribution in [0.3, 0.4) is 0 Å². The van der Waals surface area contributed by atoms with E-state index in [1.807, 2.05) is 18.2 Å². The fourth-order valence-electron chi connectivity index (χ4n) is 2.00. The van der Waals surface area contributed by atoms with Crippen LogP contribution in [-0.4, -0.2) is 4.57 Å². The first kappa shape index (κ1) is 11.5. The second-order valence-corrected chi connectivity index (χ2v) is 5.97. The molecule has 4 heteroatoms. The van der Waals surface area contributed by atoms with E-state index in [2.05, 4.69) is 50.3 Å². The molecule has 0 atom stereocenters. The molecule has 18 heavy (non-hydrogen) atoms. The molecule has 0 amide bonds. The molecule has 2 nitrogen and oxygen atoms in total. The summed E-state index contributed by atoms with van der Waals surface area (Å²) >= 11 is 5.20. The summed E-state index contributed by atoms with van der Waals surface area (Å²) in [5.74, 6) is 0. The van der Waals surface area contributed by atoms with Crippen LogP contribution in [0.25, 0.3) is 10.9 Å². The van der Waals surface area contributed by atoms with Gasteiger partial charge in [-0.3, -0.25) is 0 Å². The Bertz CT molecular complexity index is 749. The monoisotopic (exact) mass is 316 g/mol. The van der Waals surface area contributed by atoms with Crippen molar-refractivity contribution in [2.75, 3.05) is 0 Å². The first-order chi connectivity index (χ1) is 8.76. The van der Waals surface area contributed by atoms with Gasteiger partial charge in [0.1, 0.15) is 0 Å². The van der Waals surface area contributed by atoms with Crippen molar-refractivity contribution < 1.29 is 0 Å². The van der Waals surface area contributed by atoms with Crippen molar-refractivity contribution in [2.45, 2.75) is 6.54 Å². The summed E-state index contributed by atoms with van der Waals surface area (Å²) in [6.07, 6.45) is 2.07. The molecule has 0 radical (unpaired) electrons. The SMILES string of the molecule is N#Cc1ccc2ccn(Cc3cc(Br)cs3)c2c1. The highest BCUT2D eigenvalue weighted by Crippen LogP contribution is 2.23. The fourth-order valence-corrected chi connectivity index (χ4v) is 3.44. The third kappa shape index (κ3) is 2.07. The van der Waals surface area contributed by atoms with Gasteiger partial charge in [-0.25, -0.2) is 0 Å². The maximum absolute atomic E-state index is 8.96. The standard InChI is InChI=1S/C14H9BrN2S/c15-12-6-13(18-9-12)8-17-4-3-11-2-1-10(7-16)5-14(11)17/h1-6,9H,8H2. The number of thiophene rings is 1. The molecule has 0 saturated heterocycles. The summed E-state index contributed by atoms with van der Waals surface area (Å²) in [7, 11) is 0. The molecular formula is C14H9BrN2S. The van der Waals surface area contributed by atoms with Crippen molar-refractivity contribution in [3.63, 3.8) is 0 Å². The van der Waals surface area contributed by atoms with Gasteiger partial charge in [-0.1, -0.05) is 6.07 Å². The van der Waals surface area contributed by atoms with Gasteiger partial charge < -0.3 is 4.57 Å². The quantitative estimate of drug-likeness (QED) is 0.689. The molecule has 3 rings (SSSR count). The number of hydrogen-bond donors (Lipinski definition) is 0. The van der Waals surface area contributed by atoms with E-state index in [4.69, 9.17) is 5.26 Å². The Hall–Kier alpha value is -1.57. The average molecular weight is 317 g/mol. The van der Waals surface area contributed by atoms with E-state index in [0.717, 1.165) is 16.5 Å². The number of hydrogen-bond acceptors (Lipinski definition) is 2. The number of halogens is 1. The minimum atomic E-state index is 0.704. The van der Waals surface area contributed by atoms with Crippen LogP contribution in [0.2, 0.25) is 0 Å². The van der Waals surface area contributed by atoms with Gasteiger partial charge in [-0.15, -0.1) is 11.3 Å². The molecule has 2 aromatic heterocycles.